The highest BCUT2D eigenvalue weighted by molar-refractivity contribution is 7.16. The van der Waals surface area contributed by atoms with Gasteiger partial charge in [-0.1, -0.05) is 6.92 Å². The van der Waals surface area contributed by atoms with Crippen LogP contribution >= 0.6 is 11.3 Å². The van der Waals surface area contributed by atoms with Gasteiger partial charge in [-0.25, -0.2) is 0 Å². The molecule has 0 aliphatic rings. The Morgan fingerprint density at radius 1 is 1.50 bits per heavy atom. The van der Waals surface area contributed by atoms with Crippen LogP contribution < -0.4 is 4.90 Å². The number of anilines is 1. The molecule has 2 unspecified atom stereocenters. The van der Waals surface area contributed by atoms with Crippen LogP contribution in [0.5, 0.6) is 0 Å². The number of aliphatic hydroxyl groups excluding tert-OH is 1. The number of aliphatic hydroxyl groups is 1. The zero-order valence-corrected chi connectivity index (χ0v) is 12.0. The summed E-state index contributed by atoms with van der Waals surface area (Å²) in [6.45, 7) is 8.43. The molecule has 0 spiro atoms. The van der Waals surface area contributed by atoms with Crippen LogP contribution in [0.3, 0.4) is 0 Å². The van der Waals surface area contributed by atoms with E-state index < -0.39 is 6.10 Å². The Morgan fingerprint density at radius 3 is 2.50 bits per heavy atom. The first-order valence-corrected chi connectivity index (χ1v) is 6.96. The van der Waals surface area contributed by atoms with Crippen LogP contribution in [-0.2, 0) is 0 Å². The zero-order chi connectivity index (χ0) is 13.9. The van der Waals surface area contributed by atoms with E-state index in [9.17, 15) is 15.2 Å². The van der Waals surface area contributed by atoms with Crippen LogP contribution in [0.1, 0.15) is 45.1 Å². The maximum atomic E-state index is 11.1. The topological polar surface area (TPSA) is 66.6 Å². The van der Waals surface area contributed by atoms with Crippen molar-refractivity contribution in [3.63, 3.8) is 0 Å². The zero-order valence-electron chi connectivity index (χ0n) is 11.2. The summed E-state index contributed by atoms with van der Waals surface area (Å²) in [6.07, 6.45) is 0.255. The molecule has 0 saturated heterocycles. The Morgan fingerprint density at radius 2 is 2.11 bits per heavy atom. The highest BCUT2D eigenvalue weighted by Gasteiger charge is 2.26. The molecule has 1 rings (SSSR count). The van der Waals surface area contributed by atoms with Crippen molar-refractivity contribution < 1.29 is 10.0 Å². The summed E-state index contributed by atoms with van der Waals surface area (Å²) < 4.78 is 0. The van der Waals surface area contributed by atoms with Crippen LogP contribution in [0, 0.1) is 10.1 Å². The van der Waals surface area contributed by atoms with E-state index in [-0.39, 0.29) is 16.7 Å². The van der Waals surface area contributed by atoms with E-state index in [2.05, 4.69) is 13.8 Å². The number of hydrogen-bond acceptors (Lipinski definition) is 5. The first-order chi connectivity index (χ1) is 8.42. The van der Waals surface area contributed by atoms with E-state index >= 15 is 0 Å². The summed E-state index contributed by atoms with van der Waals surface area (Å²) in [5, 5.41) is 21.3. The van der Waals surface area contributed by atoms with E-state index in [1.807, 2.05) is 11.8 Å². The monoisotopic (exact) mass is 272 g/mol. The van der Waals surface area contributed by atoms with Crippen LogP contribution in [0.4, 0.5) is 10.7 Å². The Hall–Kier alpha value is -1.14. The largest absolute Gasteiger partial charge is 0.388 e. The minimum Gasteiger partial charge on any atom is -0.388 e. The summed E-state index contributed by atoms with van der Waals surface area (Å²) in [4.78, 5) is 13.4. The molecule has 0 fully saturated rings. The number of thiophene rings is 1. The van der Waals surface area contributed by atoms with Crippen molar-refractivity contribution in [1.82, 2.24) is 0 Å². The standard InChI is InChI=1S/C12H20N2O3S/c1-5-8(3)13(6-2)12-10(14(16)17)7-11(18-12)9(4)15/h7-9,15H,5-6H2,1-4H3. The van der Waals surface area contributed by atoms with E-state index in [1.165, 1.54) is 17.4 Å². The molecular formula is C12H20N2O3S. The fraction of sp³-hybridized carbons (Fsp3) is 0.667. The molecule has 0 amide bonds. The second kappa shape index (κ2) is 6.15. The SMILES string of the molecule is CCC(C)N(CC)c1sc(C(C)O)cc1[N+](=O)[O-]. The molecule has 18 heavy (non-hydrogen) atoms. The van der Waals surface area contributed by atoms with Crippen molar-refractivity contribution in [3.05, 3.63) is 21.1 Å². The molecule has 102 valence electrons. The second-order valence-corrected chi connectivity index (χ2v) is 5.38. The number of rotatable bonds is 6. The van der Waals surface area contributed by atoms with Crippen LogP contribution in [-0.4, -0.2) is 22.6 Å². The Balaban J connectivity index is 3.23. The predicted molar refractivity (Wildman–Crippen MR) is 74.4 cm³/mol. The highest BCUT2D eigenvalue weighted by Crippen LogP contribution is 2.41. The molecule has 1 aromatic rings. The fourth-order valence-electron chi connectivity index (χ4n) is 1.81. The lowest BCUT2D eigenvalue weighted by Crippen LogP contribution is -2.31. The van der Waals surface area contributed by atoms with Crippen molar-refractivity contribution >= 4 is 22.0 Å². The molecule has 0 aliphatic carbocycles. The first-order valence-electron chi connectivity index (χ1n) is 6.15. The Kier molecular flexibility index (Phi) is 5.10. The van der Waals surface area contributed by atoms with Gasteiger partial charge >= 0.3 is 5.69 Å². The van der Waals surface area contributed by atoms with Crippen LogP contribution in [0.25, 0.3) is 0 Å². The fourth-order valence-corrected chi connectivity index (χ4v) is 3.04. The minimum absolute atomic E-state index is 0.0954. The molecule has 1 heterocycles. The first kappa shape index (κ1) is 14.9. The molecule has 0 aliphatic heterocycles. The summed E-state index contributed by atoms with van der Waals surface area (Å²) in [6, 6.07) is 1.73. The van der Waals surface area contributed by atoms with Gasteiger partial charge in [-0.3, -0.25) is 10.1 Å². The maximum absolute atomic E-state index is 11.1. The van der Waals surface area contributed by atoms with Gasteiger partial charge in [-0.2, -0.15) is 0 Å². The van der Waals surface area contributed by atoms with Crippen molar-refractivity contribution in [2.45, 2.75) is 46.3 Å². The van der Waals surface area contributed by atoms with Gasteiger partial charge in [-0.05, 0) is 27.2 Å². The van der Waals surface area contributed by atoms with Crippen LogP contribution in [0.15, 0.2) is 6.07 Å². The number of hydrogen-bond donors (Lipinski definition) is 1. The van der Waals surface area contributed by atoms with Crippen molar-refractivity contribution in [2.75, 3.05) is 11.4 Å². The molecule has 0 bridgehead atoms. The predicted octanol–water partition coefficient (Wildman–Crippen LogP) is 3.33. The van der Waals surface area contributed by atoms with Gasteiger partial charge < -0.3 is 10.0 Å². The van der Waals surface area contributed by atoms with Gasteiger partial charge in [0.05, 0.1) is 11.0 Å². The third-order valence-electron chi connectivity index (χ3n) is 3.05. The molecule has 1 aromatic heterocycles. The van der Waals surface area contributed by atoms with Gasteiger partial charge in [-0.15, -0.1) is 11.3 Å². The van der Waals surface area contributed by atoms with Gasteiger partial charge in [0.15, 0.2) is 5.00 Å². The van der Waals surface area contributed by atoms with Crippen molar-refractivity contribution in [2.24, 2.45) is 0 Å². The normalized spacial score (nSPS) is 14.3. The molecule has 0 saturated carbocycles. The van der Waals surface area contributed by atoms with E-state index in [1.54, 1.807) is 6.92 Å². The molecule has 6 heteroatoms. The summed E-state index contributed by atoms with van der Waals surface area (Å²) >= 11 is 1.31. The minimum atomic E-state index is -0.668. The highest BCUT2D eigenvalue weighted by atomic mass is 32.1. The van der Waals surface area contributed by atoms with Gasteiger partial charge in [0.2, 0.25) is 0 Å². The van der Waals surface area contributed by atoms with Gasteiger partial charge in [0, 0.05) is 23.5 Å². The number of nitro groups is 1. The van der Waals surface area contributed by atoms with E-state index in [0.717, 1.165) is 13.0 Å². The Bertz CT molecular complexity index is 417. The third-order valence-corrected chi connectivity index (χ3v) is 4.38. The number of nitrogens with zero attached hydrogens (tertiary/aromatic N) is 2. The van der Waals surface area contributed by atoms with Crippen molar-refractivity contribution in [3.8, 4) is 0 Å². The lowest BCUT2D eigenvalue weighted by molar-refractivity contribution is -0.383. The lowest BCUT2D eigenvalue weighted by Gasteiger charge is -2.27. The molecule has 0 radical (unpaired) electrons. The maximum Gasteiger partial charge on any atom is 0.304 e. The quantitative estimate of drug-likeness (QED) is 0.637. The van der Waals surface area contributed by atoms with Gasteiger partial charge in [0.25, 0.3) is 0 Å². The average molecular weight is 272 g/mol. The molecule has 2 atom stereocenters. The summed E-state index contributed by atoms with van der Waals surface area (Å²) in [5.41, 5.74) is 0.0954. The van der Waals surface area contributed by atoms with Crippen molar-refractivity contribution in [1.29, 1.82) is 0 Å². The molecule has 5 nitrogen and oxygen atoms in total. The summed E-state index contributed by atoms with van der Waals surface area (Å²) in [7, 11) is 0. The van der Waals surface area contributed by atoms with E-state index in [0.29, 0.717) is 9.88 Å². The molecular weight excluding hydrogens is 252 g/mol. The summed E-state index contributed by atoms with van der Waals surface area (Å²) in [5.74, 6) is 0. The lowest BCUT2D eigenvalue weighted by atomic mass is 10.2. The Labute approximate surface area is 111 Å². The van der Waals surface area contributed by atoms with Crippen LogP contribution in [0.2, 0.25) is 0 Å². The smallest absolute Gasteiger partial charge is 0.304 e. The second-order valence-electron chi connectivity index (χ2n) is 4.32. The molecule has 0 aromatic carbocycles. The van der Waals surface area contributed by atoms with Gasteiger partial charge in [0.1, 0.15) is 0 Å². The van der Waals surface area contributed by atoms with E-state index in [4.69, 9.17) is 0 Å². The third kappa shape index (κ3) is 3.00. The average Bonchev–Trinajstić information content (AvgIpc) is 2.74. The molecule has 1 N–H and O–H groups in total.